The number of halogens is 1. The Labute approximate surface area is 81.3 Å². The third-order valence-corrected chi connectivity index (χ3v) is 2.37. The minimum absolute atomic E-state index is 0.146. The highest BCUT2D eigenvalue weighted by atomic mass is 35.5. The fourth-order valence-corrected chi connectivity index (χ4v) is 1.25. The highest BCUT2D eigenvalue weighted by molar-refractivity contribution is 6.18. The fourth-order valence-electron chi connectivity index (χ4n) is 1.17. The number of hydrogen-bond donors (Lipinski definition) is 0. The molecular weight excluding hydrogens is 186 g/mol. The highest BCUT2D eigenvalue weighted by Gasteiger charge is 2.07. The lowest BCUT2D eigenvalue weighted by Gasteiger charge is -2.02. The van der Waals surface area contributed by atoms with Gasteiger partial charge in [-0.2, -0.15) is 15.0 Å². The molecule has 4 heteroatoms. The molecule has 1 heterocycles. The van der Waals surface area contributed by atoms with Crippen LogP contribution in [0, 0.1) is 0 Å². The lowest BCUT2D eigenvalue weighted by molar-refractivity contribution is 0.512. The zero-order valence-electron chi connectivity index (χ0n) is 7.31. The van der Waals surface area contributed by atoms with E-state index < -0.39 is 0 Å². The maximum absolute atomic E-state index is 6.00. The average Bonchev–Trinajstić information content (AvgIpc) is 2.59. The van der Waals surface area contributed by atoms with Crippen molar-refractivity contribution in [3.63, 3.8) is 0 Å². The second-order valence-corrected chi connectivity index (χ2v) is 3.36. The number of fused-ring (bicyclic) bond motifs is 1. The minimum atomic E-state index is -0.146. The third-order valence-electron chi connectivity index (χ3n) is 1.89. The lowest BCUT2D eigenvalue weighted by atomic mass is 10.3. The van der Waals surface area contributed by atoms with Crippen molar-refractivity contribution in [3.8, 4) is 0 Å². The van der Waals surface area contributed by atoms with Crippen molar-refractivity contribution in [1.82, 2.24) is 15.0 Å². The van der Waals surface area contributed by atoms with E-state index in [-0.39, 0.29) is 5.50 Å². The molecule has 0 fully saturated rings. The summed E-state index contributed by atoms with van der Waals surface area (Å²) in [5.41, 5.74) is 1.63. The summed E-state index contributed by atoms with van der Waals surface area (Å²) in [7, 11) is 0. The van der Waals surface area contributed by atoms with Crippen LogP contribution < -0.4 is 0 Å². The normalized spacial score (nSPS) is 13.4. The summed E-state index contributed by atoms with van der Waals surface area (Å²) in [6.45, 7) is 2.01. The molecule has 0 aliphatic rings. The molecule has 1 atom stereocenters. The first-order valence-corrected chi connectivity index (χ1v) is 4.70. The van der Waals surface area contributed by atoms with Gasteiger partial charge in [-0.15, -0.1) is 0 Å². The molecule has 3 nitrogen and oxygen atoms in total. The Morgan fingerprint density at radius 2 is 1.85 bits per heavy atom. The van der Waals surface area contributed by atoms with Gasteiger partial charge in [0.05, 0.1) is 0 Å². The van der Waals surface area contributed by atoms with E-state index in [1.54, 1.807) is 4.80 Å². The largest absolute Gasteiger partial charge is 0.165 e. The van der Waals surface area contributed by atoms with Gasteiger partial charge >= 0.3 is 0 Å². The van der Waals surface area contributed by atoms with Crippen molar-refractivity contribution in [2.24, 2.45) is 0 Å². The Balaban J connectivity index is 2.49. The molecule has 2 rings (SSSR count). The van der Waals surface area contributed by atoms with Crippen LogP contribution in [0.2, 0.25) is 0 Å². The first-order valence-electron chi connectivity index (χ1n) is 4.27. The van der Waals surface area contributed by atoms with Gasteiger partial charge in [-0.1, -0.05) is 30.7 Å². The van der Waals surface area contributed by atoms with E-state index in [2.05, 4.69) is 10.2 Å². The van der Waals surface area contributed by atoms with Gasteiger partial charge in [0.1, 0.15) is 16.5 Å². The van der Waals surface area contributed by atoms with Gasteiger partial charge in [-0.05, 0) is 18.6 Å². The second kappa shape index (κ2) is 3.34. The van der Waals surface area contributed by atoms with Gasteiger partial charge < -0.3 is 0 Å². The van der Waals surface area contributed by atoms with Gasteiger partial charge in [-0.25, -0.2) is 0 Å². The summed E-state index contributed by atoms with van der Waals surface area (Å²) >= 11 is 6.00. The van der Waals surface area contributed by atoms with Crippen LogP contribution in [0.15, 0.2) is 24.3 Å². The Bertz CT molecular complexity index is 377. The van der Waals surface area contributed by atoms with Crippen molar-refractivity contribution in [2.45, 2.75) is 18.8 Å². The van der Waals surface area contributed by atoms with Crippen LogP contribution in [-0.4, -0.2) is 15.0 Å². The molecule has 0 spiro atoms. The molecule has 2 aromatic rings. The SMILES string of the molecule is CCC(Cl)n1nc2ccccc2n1. The molecule has 0 saturated carbocycles. The smallest absolute Gasteiger partial charge is 0.145 e. The molecule has 0 radical (unpaired) electrons. The van der Waals surface area contributed by atoms with E-state index in [9.17, 15) is 0 Å². The van der Waals surface area contributed by atoms with Crippen molar-refractivity contribution < 1.29 is 0 Å². The van der Waals surface area contributed by atoms with Crippen molar-refractivity contribution in [2.75, 3.05) is 0 Å². The Hall–Kier alpha value is -1.09. The van der Waals surface area contributed by atoms with E-state index in [4.69, 9.17) is 11.6 Å². The Morgan fingerprint density at radius 3 is 2.31 bits per heavy atom. The summed E-state index contributed by atoms with van der Waals surface area (Å²) in [6, 6.07) is 7.74. The van der Waals surface area contributed by atoms with Gasteiger partial charge in [0, 0.05) is 0 Å². The van der Waals surface area contributed by atoms with Crippen molar-refractivity contribution in [1.29, 1.82) is 0 Å². The third kappa shape index (κ3) is 1.52. The van der Waals surface area contributed by atoms with Gasteiger partial charge in [0.2, 0.25) is 0 Å². The number of hydrogen-bond acceptors (Lipinski definition) is 2. The van der Waals surface area contributed by atoms with Crippen LogP contribution in [0.5, 0.6) is 0 Å². The van der Waals surface area contributed by atoms with Gasteiger partial charge in [-0.3, -0.25) is 0 Å². The van der Waals surface area contributed by atoms with E-state index in [1.165, 1.54) is 0 Å². The summed E-state index contributed by atoms with van der Waals surface area (Å²) in [5, 5.41) is 8.51. The number of rotatable bonds is 2. The number of alkyl halides is 1. The molecule has 0 saturated heterocycles. The molecule has 0 N–H and O–H groups in total. The topological polar surface area (TPSA) is 30.7 Å². The lowest BCUT2D eigenvalue weighted by Crippen LogP contribution is -2.04. The summed E-state index contributed by atoms with van der Waals surface area (Å²) < 4.78 is 0. The zero-order chi connectivity index (χ0) is 9.26. The summed E-state index contributed by atoms with van der Waals surface area (Å²) in [6.07, 6.45) is 0.822. The van der Waals surface area contributed by atoms with Crippen molar-refractivity contribution in [3.05, 3.63) is 24.3 Å². The first-order chi connectivity index (χ1) is 6.31. The maximum atomic E-state index is 6.00. The van der Waals surface area contributed by atoms with Crippen LogP contribution in [0.1, 0.15) is 18.8 Å². The number of benzene rings is 1. The number of aromatic nitrogens is 3. The average molecular weight is 196 g/mol. The van der Waals surface area contributed by atoms with Crippen LogP contribution in [0.4, 0.5) is 0 Å². The van der Waals surface area contributed by atoms with Crippen LogP contribution in [-0.2, 0) is 0 Å². The standard InChI is InChI=1S/C9H10ClN3/c1-2-9(10)13-11-7-5-3-4-6-8(7)12-13/h3-6,9H,2H2,1H3. The predicted octanol–water partition coefficient (Wildman–Crippen LogP) is 2.58. The summed E-state index contributed by atoms with van der Waals surface area (Å²) in [4.78, 5) is 1.56. The zero-order valence-corrected chi connectivity index (χ0v) is 8.07. The highest BCUT2D eigenvalue weighted by Crippen LogP contribution is 2.16. The number of nitrogens with zero attached hydrogens (tertiary/aromatic N) is 3. The van der Waals surface area contributed by atoms with Crippen LogP contribution in [0.3, 0.4) is 0 Å². The Morgan fingerprint density at radius 1 is 1.31 bits per heavy atom. The first kappa shape index (κ1) is 8.51. The molecule has 1 unspecified atom stereocenters. The molecule has 0 amide bonds. The van der Waals surface area contributed by atoms with Crippen LogP contribution in [0.25, 0.3) is 11.0 Å². The molecule has 68 valence electrons. The molecule has 0 aliphatic carbocycles. The maximum Gasteiger partial charge on any atom is 0.145 e. The predicted molar refractivity (Wildman–Crippen MR) is 52.7 cm³/mol. The molecular formula is C9H10ClN3. The fraction of sp³-hybridized carbons (Fsp3) is 0.333. The van der Waals surface area contributed by atoms with Gasteiger partial charge in [0.25, 0.3) is 0 Å². The summed E-state index contributed by atoms with van der Waals surface area (Å²) in [5.74, 6) is 0. The minimum Gasteiger partial charge on any atom is -0.165 e. The second-order valence-electron chi connectivity index (χ2n) is 2.85. The molecule has 1 aromatic heterocycles. The van der Waals surface area contributed by atoms with Gasteiger partial charge in [0.15, 0.2) is 0 Å². The van der Waals surface area contributed by atoms with E-state index in [0.717, 1.165) is 17.5 Å². The molecule has 1 aromatic carbocycles. The van der Waals surface area contributed by atoms with Crippen molar-refractivity contribution >= 4 is 22.6 Å². The molecule has 0 aliphatic heterocycles. The quantitative estimate of drug-likeness (QED) is 0.690. The van der Waals surface area contributed by atoms with E-state index in [0.29, 0.717) is 0 Å². The Kier molecular flexibility index (Phi) is 2.19. The van der Waals surface area contributed by atoms with E-state index >= 15 is 0 Å². The van der Waals surface area contributed by atoms with E-state index in [1.807, 2.05) is 31.2 Å². The van der Waals surface area contributed by atoms with Crippen LogP contribution >= 0.6 is 11.6 Å². The molecule has 0 bridgehead atoms. The monoisotopic (exact) mass is 195 g/mol. The molecule has 13 heavy (non-hydrogen) atoms.